The van der Waals surface area contributed by atoms with Crippen LogP contribution in [0.2, 0.25) is 0 Å². The molecule has 1 aromatic carbocycles. The van der Waals surface area contributed by atoms with Gasteiger partial charge in [0.15, 0.2) is 5.96 Å². The van der Waals surface area contributed by atoms with Gasteiger partial charge >= 0.3 is 6.18 Å². The molecule has 1 heterocycles. The number of rotatable bonds is 5. The van der Waals surface area contributed by atoms with Gasteiger partial charge < -0.3 is 15.4 Å². The average molecular weight is 372 g/mol. The highest BCUT2D eigenvalue weighted by atomic mass is 19.4. The number of hydrogen-bond donors (Lipinski definition) is 2. The Hall–Kier alpha value is -1.80. The number of nitrogens with zero attached hydrogens (tertiary/aromatic N) is 2. The number of hydrogen-bond acceptors (Lipinski definition) is 3. The highest BCUT2D eigenvalue weighted by Gasteiger charge is 2.29. The molecular weight excluding hydrogens is 345 g/mol. The number of nitrogens with one attached hydrogen (secondary N) is 2. The SMILES string of the molecule is CN=C(NCc1ccc(C(F)(F)F)cc1)NCC(C)N1CCOCC1C. The van der Waals surface area contributed by atoms with Crippen LogP contribution in [0.5, 0.6) is 0 Å². The summed E-state index contributed by atoms with van der Waals surface area (Å²) >= 11 is 0. The van der Waals surface area contributed by atoms with Crippen molar-refractivity contribution < 1.29 is 17.9 Å². The average Bonchev–Trinajstić information content (AvgIpc) is 2.61. The van der Waals surface area contributed by atoms with Gasteiger partial charge in [-0.2, -0.15) is 13.2 Å². The van der Waals surface area contributed by atoms with Crippen molar-refractivity contribution in [3.63, 3.8) is 0 Å². The zero-order chi connectivity index (χ0) is 19.2. The van der Waals surface area contributed by atoms with E-state index in [9.17, 15) is 13.2 Å². The summed E-state index contributed by atoms with van der Waals surface area (Å²) in [7, 11) is 1.67. The topological polar surface area (TPSA) is 48.9 Å². The molecule has 1 saturated heterocycles. The molecule has 2 N–H and O–H groups in total. The molecule has 1 aromatic rings. The van der Waals surface area contributed by atoms with E-state index in [1.54, 1.807) is 7.05 Å². The third-order valence-corrected chi connectivity index (χ3v) is 4.51. The van der Waals surface area contributed by atoms with E-state index in [0.29, 0.717) is 24.6 Å². The molecule has 0 aliphatic carbocycles. The van der Waals surface area contributed by atoms with Gasteiger partial charge in [0.2, 0.25) is 0 Å². The quantitative estimate of drug-likeness (QED) is 0.616. The summed E-state index contributed by atoms with van der Waals surface area (Å²) in [6.45, 7) is 7.81. The number of aliphatic imine (C=N–C) groups is 1. The van der Waals surface area contributed by atoms with Crippen molar-refractivity contribution in [2.45, 2.75) is 38.7 Å². The normalized spacial score (nSPS) is 20.7. The van der Waals surface area contributed by atoms with Crippen LogP contribution in [0, 0.1) is 0 Å². The van der Waals surface area contributed by atoms with Crippen LogP contribution in [0.3, 0.4) is 0 Å². The number of alkyl halides is 3. The molecule has 8 heteroatoms. The molecule has 0 radical (unpaired) electrons. The Labute approximate surface area is 152 Å². The Morgan fingerprint density at radius 3 is 2.58 bits per heavy atom. The summed E-state index contributed by atoms with van der Waals surface area (Å²) in [6.07, 6.45) is -4.31. The van der Waals surface area contributed by atoms with Gasteiger partial charge in [-0.3, -0.25) is 9.89 Å². The lowest BCUT2D eigenvalue weighted by Gasteiger charge is -2.38. The number of morpholine rings is 1. The Kier molecular flexibility index (Phi) is 7.28. The fraction of sp³-hybridized carbons (Fsp3) is 0.611. The molecule has 146 valence electrons. The van der Waals surface area contributed by atoms with Gasteiger partial charge in [0.1, 0.15) is 0 Å². The van der Waals surface area contributed by atoms with Crippen LogP contribution >= 0.6 is 0 Å². The van der Waals surface area contributed by atoms with Crippen LogP contribution in [-0.2, 0) is 17.5 Å². The third-order valence-electron chi connectivity index (χ3n) is 4.51. The van der Waals surface area contributed by atoms with Crippen molar-refractivity contribution in [2.24, 2.45) is 4.99 Å². The maximum absolute atomic E-state index is 12.6. The van der Waals surface area contributed by atoms with E-state index < -0.39 is 11.7 Å². The molecule has 2 atom stereocenters. The number of halogens is 3. The maximum atomic E-state index is 12.6. The Morgan fingerprint density at radius 2 is 2.00 bits per heavy atom. The molecule has 2 unspecified atom stereocenters. The van der Waals surface area contributed by atoms with Crippen LogP contribution in [0.1, 0.15) is 25.0 Å². The Balaban J connectivity index is 1.80. The fourth-order valence-electron chi connectivity index (χ4n) is 2.97. The van der Waals surface area contributed by atoms with E-state index in [-0.39, 0.29) is 0 Å². The minimum atomic E-state index is -4.31. The van der Waals surface area contributed by atoms with E-state index in [1.165, 1.54) is 12.1 Å². The Morgan fingerprint density at radius 1 is 1.31 bits per heavy atom. The summed E-state index contributed by atoms with van der Waals surface area (Å²) in [5, 5.41) is 6.40. The Bertz CT molecular complexity index is 589. The molecule has 0 saturated carbocycles. The molecule has 0 aromatic heterocycles. The van der Waals surface area contributed by atoms with Crippen molar-refractivity contribution in [3.05, 3.63) is 35.4 Å². The molecule has 1 aliphatic heterocycles. The molecule has 26 heavy (non-hydrogen) atoms. The smallest absolute Gasteiger partial charge is 0.379 e. The van der Waals surface area contributed by atoms with Crippen molar-refractivity contribution >= 4 is 5.96 Å². The summed E-state index contributed by atoms with van der Waals surface area (Å²) in [4.78, 5) is 6.56. The van der Waals surface area contributed by atoms with Crippen LogP contribution < -0.4 is 10.6 Å². The van der Waals surface area contributed by atoms with Gasteiger partial charge in [-0.25, -0.2) is 0 Å². The van der Waals surface area contributed by atoms with Gasteiger partial charge in [-0.1, -0.05) is 12.1 Å². The fourth-order valence-corrected chi connectivity index (χ4v) is 2.97. The zero-order valence-electron chi connectivity index (χ0n) is 15.4. The van der Waals surface area contributed by atoms with Crippen molar-refractivity contribution in [1.29, 1.82) is 0 Å². The second-order valence-corrected chi connectivity index (χ2v) is 6.51. The summed E-state index contributed by atoms with van der Waals surface area (Å²) < 4.78 is 43.2. The summed E-state index contributed by atoms with van der Waals surface area (Å²) in [5.74, 6) is 0.623. The predicted molar refractivity (Wildman–Crippen MR) is 96.1 cm³/mol. The van der Waals surface area contributed by atoms with E-state index in [0.717, 1.165) is 44.0 Å². The lowest BCUT2D eigenvalue weighted by atomic mass is 10.1. The van der Waals surface area contributed by atoms with Gasteiger partial charge in [0.05, 0.1) is 18.8 Å². The molecule has 1 aliphatic rings. The van der Waals surface area contributed by atoms with Crippen LogP contribution in [0.25, 0.3) is 0 Å². The first-order valence-corrected chi connectivity index (χ1v) is 8.75. The first-order valence-electron chi connectivity index (χ1n) is 8.75. The van der Waals surface area contributed by atoms with E-state index >= 15 is 0 Å². The van der Waals surface area contributed by atoms with Gasteiger partial charge in [-0.15, -0.1) is 0 Å². The monoisotopic (exact) mass is 372 g/mol. The maximum Gasteiger partial charge on any atom is 0.416 e. The minimum Gasteiger partial charge on any atom is -0.379 e. The number of guanidine groups is 1. The molecule has 0 bridgehead atoms. The second-order valence-electron chi connectivity index (χ2n) is 6.51. The van der Waals surface area contributed by atoms with Crippen LogP contribution in [-0.4, -0.2) is 56.3 Å². The van der Waals surface area contributed by atoms with Gasteiger partial charge in [-0.05, 0) is 31.5 Å². The number of benzene rings is 1. The van der Waals surface area contributed by atoms with E-state index in [1.807, 2.05) is 0 Å². The molecule has 2 rings (SSSR count). The lowest BCUT2D eigenvalue weighted by molar-refractivity contribution is -0.137. The molecule has 1 fully saturated rings. The first kappa shape index (κ1) is 20.5. The molecule has 5 nitrogen and oxygen atoms in total. The van der Waals surface area contributed by atoms with Crippen LogP contribution in [0.4, 0.5) is 13.2 Å². The molecular formula is C18H27F3N4O. The van der Waals surface area contributed by atoms with Gasteiger partial charge in [0, 0.05) is 38.8 Å². The lowest BCUT2D eigenvalue weighted by Crippen LogP contribution is -2.52. The van der Waals surface area contributed by atoms with Crippen LogP contribution in [0.15, 0.2) is 29.3 Å². The van der Waals surface area contributed by atoms with Crippen molar-refractivity contribution in [3.8, 4) is 0 Å². The standard InChI is InChI=1S/C18H27F3N4O/c1-13(25-8-9-26-12-14(25)2)10-23-17(22-3)24-11-15-4-6-16(7-5-15)18(19,20)21/h4-7,13-14H,8-12H2,1-3H3,(H2,22,23,24). The van der Waals surface area contributed by atoms with Crippen molar-refractivity contribution in [2.75, 3.05) is 33.4 Å². The summed E-state index contributed by atoms with van der Waals surface area (Å²) in [5.41, 5.74) is 0.119. The van der Waals surface area contributed by atoms with Crippen molar-refractivity contribution in [1.82, 2.24) is 15.5 Å². The first-order chi connectivity index (χ1) is 12.3. The highest BCUT2D eigenvalue weighted by Crippen LogP contribution is 2.29. The third kappa shape index (κ3) is 5.88. The van der Waals surface area contributed by atoms with E-state index in [2.05, 4.69) is 34.4 Å². The highest BCUT2D eigenvalue weighted by molar-refractivity contribution is 5.79. The second kappa shape index (κ2) is 9.23. The summed E-state index contributed by atoms with van der Waals surface area (Å²) in [6, 6.07) is 5.83. The molecule has 0 spiro atoms. The minimum absolute atomic E-state index is 0.318. The van der Waals surface area contributed by atoms with E-state index in [4.69, 9.17) is 4.74 Å². The largest absolute Gasteiger partial charge is 0.416 e. The number of ether oxygens (including phenoxy) is 1. The van der Waals surface area contributed by atoms with Gasteiger partial charge in [0.25, 0.3) is 0 Å². The predicted octanol–water partition coefficient (Wildman–Crippen LogP) is 2.48. The zero-order valence-corrected chi connectivity index (χ0v) is 15.4. The molecule has 0 amide bonds.